The number of amides is 1. The smallest absolute Gasteiger partial charge is 0.227 e. The molecule has 0 atom stereocenters. The molecule has 4 nitrogen and oxygen atoms in total. The standard InChI is InChI=1S/C23H25N3OS/c1-26(15-17-7-3-2-4-8-17)23-25-21(16-28-23)18-11-13-20(14-12-18)24-22(27)19-9-5-6-10-19/h2-4,7-8,11-14,16,19H,5-6,9-10,15H2,1H3,(H,24,27). The molecule has 1 aromatic heterocycles. The second-order valence-electron chi connectivity index (χ2n) is 7.40. The fourth-order valence-corrected chi connectivity index (χ4v) is 4.46. The van der Waals surface area contributed by atoms with Crippen LogP contribution >= 0.6 is 11.3 Å². The Hall–Kier alpha value is -2.66. The van der Waals surface area contributed by atoms with Gasteiger partial charge in [0, 0.05) is 36.1 Å². The van der Waals surface area contributed by atoms with E-state index in [0.717, 1.165) is 41.5 Å². The Morgan fingerprint density at radius 2 is 1.82 bits per heavy atom. The van der Waals surface area contributed by atoms with Crippen molar-refractivity contribution in [1.82, 2.24) is 4.98 Å². The second kappa shape index (κ2) is 8.57. The topological polar surface area (TPSA) is 45.2 Å². The first-order valence-corrected chi connectivity index (χ1v) is 10.7. The van der Waals surface area contributed by atoms with E-state index in [1.807, 2.05) is 30.3 Å². The maximum Gasteiger partial charge on any atom is 0.227 e. The number of benzene rings is 2. The Morgan fingerprint density at radius 1 is 1.11 bits per heavy atom. The van der Waals surface area contributed by atoms with Gasteiger partial charge >= 0.3 is 0 Å². The van der Waals surface area contributed by atoms with Crippen LogP contribution in [0.15, 0.2) is 60.0 Å². The molecule has 1 aliphatic rings. The first kappa shape index (κ1) is 18.7. The molecule has 0 saturated heterocycles. The average molecular weight is 392 g/mol. The fourth-order valence-electron chi connectivity index (χ4n) is 3.65. The molecule has 1 aliphatic carbocycles. The minimum atomic E-state index is 0.156. The number of rotatable bonds is 6. The summed E-state index contributed by atoms with van der Waals surface area (Å²) in [6.07, 6.45) is 4.37. The van der Waals surface area contributed by atoms with Crippen LogP contribution in [0.4, 0.5) is 10.8 Å². The van der Waals surface area contributed by atoms with Gasteiger partial charge in [-0.25, -0.2) is 4.98 Å². The lowest BCUT2D eigenvalue weighted by atomic mass is 10.1. The number of carbonyl (C=O) groups excluding carboxylic acids is 1. The van der Waals surface area contributed by atoms with Crippen LogP contribution in [0, 0.1) is 5.92 Å². The van der Waals surface area contributed by atoms with E-state index in [2.05, 4.69) is 46.9 Å². The summed E-state index contributed by atoms with van der Waals surface area (Å²) in [6.45, 7) is 0.833. The monoisotopic (exact) mass is 391 g/mol. The molecule has 1 fully saturated rings. The molecule has 1 N–H and O–H groups in total. The summed E-state index contributed by atoms with van der Waals surface area (Å²) in [7, 11) is 2.07. The Labute approximate surface area is 170 Å². The molecule has 5 heteroatoms. The van der Waals surface area contributed by atoms with Crippen molar-refractivity contribution in [1.29, 1.82) is 0 Å². The summed E-state index contributed by atoms with van der Waals surface area (Å²) in [5.74, 6) is 0.338. The normalized spacial score (nSPS) is 14.2. The van der Waals surface area contributed by atoms with Gasteiger partial charge in [0.1, 0.15) is 0 Å². The van der Waals surface area contributed by atoms with Crippen molar-refractivity contribution in [2.24, 2.45) is 5.92 Å². The summed E-state index contributed by atoms with van der Waals surface area (Å²) < 4.78 is 0. The number of hydrogen-bond donors (Lipinski definition) is 1. The zero-order valence-corrected chi connectivity index (χ0v) is 16.9. The Morgan fingerprint density at radius 3 is 2.54 bits per heavy atom. The lowest BCUT2D eigenvalue weighted by Crippen LogP contribution is -2.20. The summed E-state index contributed by atoms with van der Waals surface area (Å²) in [5.41, 5.74) is 4.16. The molecule has 0 radical (unpaired) electrons. The number of nitrogens with one attached hydrogen (secondary N) is 1. The summed E-state index contributed by atoms with van der Waals surface area (Å²) >= 11 is 1.65. The van der Waals surface area contributed by atoms with Crippen molar-refractivity contribution in [3.8, 4) is 11.3 Å². The molecule has 1 amide bonds. The SMILES string of the molecule is CN(Cc1ccccc1)c1nc(-c2ccc(NC(=O)C3CCCC3)cc2)cs1. The fraction of sp³-hybridized carbons (Fsp3) is 0.304. The number of carbonyl (C=O) groups is 1. The average Bonchev–Trinajstić information content (AvgIpc) is 3.42. The number of thiazole rings is 1. The number of aromatic nitrogens is 1. The van der Waals surface area contributed by atoms with E-state index in [4.69, 9.17) is 4.98 Å². The van der Waals surface area contributed by atoms with Crippen molar-refractivity contribution in [2.45, 2.75) is 32.2 Å². The van der Waals surface area contributed by atoms with E-state index in [1.165, 1.54) is 18.4 Å². The molecule has 0 aliphatic heterocycles. The summed E-state index contributed by atoms with van der Waals surface area (Å²) in [5, 5.41) is 6.13. The zero-order valence-electron chi connectivity index (χ0n) is 16.1. The van der Waals surface area contributed by atoms with Crippen molar-refractivity contribution >= 4 is 28.1 Å². The number of hydrogen-bond acceptors (Lipinski definition) is 4. The van der Waals surface area contributed by atoms with Gasteiger partial charge in [-0.3, -0.25) is 4.79 Å². The summed E-state index contributed by atoms with van der Waals surface area (Å²) in [6, 6.07) is 18.4. The van der Waals surface area contributed by atoms with Gasteiger partial charge in [-0.1, -0.05) is 55.3 Å². The lowest BCUT2D eigenvalue weighted by molar-refractivity contribution is -0.119. The molecule has 1 heterocycles. The molecular formula is C23H25N3OS. The van der Waals surface area contributed by atoms with E-state index >= 15 is 0 Å². The van der Waals surface area contributed by atoms with Gasteiger partial charge < -0.3 is 10.2 Å². The Kier molecular flexibility index (Phi) is 5.72. The maximum atomic E-state index is 12.3. The highest BCUT2D eigenvalue weighted by molar-refractivity contribution is 7.14. The largest absolute Gasteiger partial charge is 0.347 e. The van der Waals surface area contributed by atoms with Crippen LogP contribution in [0.3, 0.4) is 0 Å². The van der Waals surface area contributed by atoms with Crippen molar-refractivity contribution in [3.05, 3.63) is 65.5 Å². The minimum absolute atomic E-state index is 0.156. The maximum absolute atomic E-state index is 12.3. The highest BCUT2D eigenvalue weighted by atomic mass is 32.1. The van der Waals surface area contributed by atoms with Gasteiger partial charge in [0.05, 0.1) is 5.69 Å². The molecule has 0 bridgehead atoms. The van der Waals surface area contributed by atoms with Crippen LogP contribution < -0.4 is 10.2 Å². The zero-order chi connectivity index (χ0) is 19.3. The molecule has 2 aromatic carbocycles. The van der Waals surface area contributed by atoms with E-state index in [9.17, 15) is 4.79 Å². The van der Waals surface area contributed by atoms with Gasteiger partial charge in [-0.15, -0.1) is 11.3 Å². The highest BCUT2D eigenvalue weighted by Crippen LogP contribution is 2.29. The third kappa shape index (κ3) is 4.42. The van der Waals surface area contributed by atoms with Crippen molar-refractivity contribution < 1.29 is 4.79 Å². The minimum Gasteiger partial charge on any atom is -0.347 e. The quantitative estimate of drug-likeness (QED) is 0.597. The molecule has 0 spiro atoms. The Bertz CT molecular complexity index is 915. The van der Waals surface area contributed by atoms with Gasteiger partial charge in [0.2, 0.25) is 5.91 Å². The lowest BCUT2D eigenvalue weighted by Gasteiger charge is -2.15. The first-order valence-electron chi connectivity index (χ1n) is 9.81. The van der Waals surface area contributed by atoms with E-state index in [-0.39, 0.29) is 11.8 Å². The first-order chi connectivity index (χ1) is 13.7. The molecular weight excluding hydrogens is 366 g/mol. The van der Waals surface area contributed by atoms with Gasteiger partial charge in [-0.05, 0) is 30.5 Å². The predicted molar refractivity (Wildman–Crippen MR) is 117 cm³/mol. The van der Waals surface area contributed by atoms with E-state index < -0.39 is 0 Å². The number of nitrogens with zero attached hydrogens (tertiary/aromatic N) is 2. The van der Waals surface area contributed by atoms with Gasteiger partial charge in [-0.2, -0.15) is 0 Å². The molecule has 1 saturated carbocycles. The highest BCUT2D eigenvalue weighted by Gasteiger charge is 2.22. The molecule has 3 aromatic rings. The Balaban J connectivity index is 1.40. The second-order valence-corrected chi connectivity index (χ2v) is 8.24. The van der Waals surface area contributed by atoms with Crippen LogP contribution in [-0.2, 0) is 11.3 Å². The van der Waals surface area contributed by atoms with Crippen molar-refractivity contribution in [3.63, 3.8) is 0 Å². The number of anilines is 2. The van der Waals surface area contributed by atoms with Crippen LogP contribution in [0.1, 0.15) is 31.2 Å². The molecule has 4 rings (SSSR count). The van der Waals surface area contributed by atoms with Crippen LogP contribution in [0.5, 0.6) is 0 Å². The van der Waals surface area contributed by atoms with E-state index in [0.29, 0.717) is 0 Å². The summed E-state index contributed by atoms with van der Waals surface area (Å²) in [4.78, 5) is 19.2. The molecule has 0 unspecified atom stereocenters. The van der Waals surface area contributed by atoms with Crippen LogP contribution in [-0.4, -0.2) is 17.9 Å². The van der Waals surface area contributed by atoms with Crippen LogP contribution in [0.2, 0.25) is 0 Å². The predicted octanol–water partition coefficient (Wildman–Crippen LogP) is 5.58. The van der Waals surface area contributed by atoms with Gasteiger partial charge in [0.15, 0.2) is 5.13 Å². The van der Waals surface area contributed by atoms with Gasteiger partial charge in [0.25, 0.3) is 0 Å². The third-order valence-corrected chi connectivity index (χ3v) is 6.21. The molecule has 28 heavy (non-hydrogen) atoms. The van der Waals surface area contributed by atoms with Crippen molar-refractivity contribution in [2.75, 3.05) is 17.3 Å². The molecule has 144 valence electrons. The third-order valence-electron chi connectivity index (χ3n) is 5.26. The van der Waals surface area contributed by atoms with E-state index in [1.54, 1.807) is 11.3 Å². The van der Waals surface area contributed by atoms with Crippen LogP contribution in [0.25, 0.3) is 11.3 Å².